The lowest BCUT2D eigenvalue weighted by molar-refractivity contribution is -0.130. The lowest BCUT2D eigenvalue weighted by Crippen LogP contribution is -2.08. The van der Waals surface area contributed by atoms with Crippen LogP contribution in [-0.4, -0.2) is 23.9 Å². The molecule has 2 aromatic rings. The molecule has 8 heteroatoms. The van der Waals surface area contributed by atoms with Crippen molar-refractivity contribution in [1.82, 2.24) is 0 Å². The van der Waals surface area contributed by atoms with Crippen molar-refractivity contribution in [3.63, 3.8) is 0 Å². The lowest BCUT2D eigenvalue weighted by atomic mass is 9.96. The van der Waals surface area contributed by atoms with E-state index in [1.165, 1.54) is 18.2 Å². The summed E-state index contributed by atoms with van der Waals surface area (Å²) in [6.07, 6.45) is 3.99. The van der Waals surface area contributed by atoms with Crippen LogP contribution in [0.1, 0.15) is 25.0 Å². The number of carbonyl (C=O) groups is 4. The third kappa shape index (κ3) is 7.26. The molecule has 0 spiro atoms. The minimum Gasteiger partial charge on any atom is -0.423 e. The van der Waals surface area contributed by atoms with Crippen molar-refractivity contribution < 1.29 is 38.1 Å². The Labute approximate surface area is 208 Å². The third-order valence-corrected chi connectivity index (χ3v) is 4.77. The van der Waals surface area contributed by atoms with Crippen molar-refractivity contribution in [1.29, 1.82) is 0 Å². The minimum atomic E-state index is -0.717. The van der Waals surface area contributed by atoms with E-state index in [0.29, 0.717) is 22.3 Å². The number of hydrogen-bond donors (Lipinski definition) is 0. The first-order valence-electron chi connectivity index (χ1n) is 10.5. The molecule has 0 saturated carbocycles. The van der Waals surface area contributed by atoms with Crippen LogP contribution in [0.15, 0.2) is 87.0 Å². The van der Waals surface area contributed by atoms with Gasteiger partial charge < -0.3 is 18.9 Å². The number of rotatable bonds is 10. The van der Waals surface area contributed by atoms with Crippen LogP contribution in [0, 0.1) is 0 Å². The molecule has 184 valence electrons. The predicted molar refractivity (Wildman–Crippen MR) is 134 cm³/mol. The molecule has 0 aliphatic carbocycles. The summed E-state index contributed by atoms with van der Waals surface area (Å²) in [5.74, 6) is -2.32. The Kier molecular flexibility index (Phi) is 9.45. The van der Waals surface area contributed by atoms with Gasteiger partial charge in [0.2, 0.25) is 0 Å². The maximum absolute atomic E-state index is 11.9. The Morgan fingerprint density at radius 3 is 1.50 bits per heavy atom. The highest BCUT2D eigenvalue weighted by molar-refractivity contribution is 5.93. The maximum atomic E-state index is 11.9. The molecule has 2 aromatic carbocycles. The van der Waals surface area contributed by atoms with Crippen molar-refractivity contribution in [3.05, 3.63) is 98.1 Å². The van der Waals surface area contributed by atoms with Gasteiger partial charge in [-0.2, -0.15) is 0 Å². The molecule has 36 heavy (non-hydrogen) atoms. The second-order valence-corrected chi connectivity index (χ2v) is 7.10. The number of carbonyl (C=O) groups excluding carboxylic acids is 4. The van der Waals surface area contributed by atoms with Gasteiger partial charge in [-0.15, -0.1) is 0 Å². The van der Waals surface area contributed by atoms with Gasteiger partial charge in [0.15, 0.2) is 0 Å². The van der Waals surface area contributed by atoms with E-state index in [-0.39, 0.29) is 23.0 Å². The molecule has 0 atom stereocenters. The summed E-state index contributed by atoms with van der Waals surface area (Å²) in [7, 11) is 0. The molecule has 0 amide bonds. The Balaban J connectivity index is 2.64. The zero-order valence-corrected chi connectivity index (χ0v) is 19.9. The number of ether oxygens (including phenoxy) is 4. The molecule has 0 bridgehead atoms. The summed E-state index contributed by atoms with van der Waals surface area (Å²) in [6, 6.07) is 9.03. The standard InChI is InChI=1S/C28H24O8/c1-7-25(29)33-20-11-12-23(24(16-20)36-28(32)10-4)18(6)17(5)19-13-21(34-26(30)8-2)15-22(14-19)35-27(31)9-3/h7-16H,1-4H2,5-6H3. The molecule has 0 N–H and O–H groups in total. The maximum Gasteiger partial charge on any atom is 0.335 e. The first-order valence-corrected chi connectivity index (χ1v) is 10.5. The first kappa shape index (κ1) is 27.3. The first-order chi connectivity index (χ1) is 17.1. The fourth-order valence-corrected chi connectivity index (χ4v) is 2.91. The summed E-state index contributed by atoms with van der Waals surface area (Å²) in [4.78, 5) is 47.0. The average molecular weight is 488 g/mol. The van der Waals surface area contributed by atoms with Crippen molar-refractivity contribution in [2.45, 2.75) is 13.8 Å². The smallest absolute Gasteiger partial charge is 0.335 e. The third-order valence-electron chi connectivity index (χ3n) is 4.77. The molecule has 8 nitrogen and oxygen atoms in total. The number of esters is 4. The van der Waals surface area contributed by atoms with Crippen molar-refractivity contribution >= 4 is 35.0 Å². The minimum absolute atomic E-state index is 0.110. The summed E-state index contributed by atoms with van der Waals surface area (Å²) in [5, 5.41) is 0. The van der Waals surface area contributed by atoms with Gasteiger partial charge in [-0.05, 0) is 54.8 Å². The molecule has 0 aromatic heterocycles. The van der Waals surface area contributed by atoms with E-state index >= 15 is 0 Å². The van der Waals surface area contributed by atoms with Gasteiger partial charge in [-0.3, -0.25) is 0 Å². The van der Waals surface area contributed by atoms with Gasteiger partial charge in [0, 0.05) is 42.0 Å². The van der Waals surface area contributed by atoms with Gasteiger partial charge in [-0.1, -0.05) is 26.3 Å². The molecule has 0 aliphatic rings. The van der Waals surface area contributed by atoms with Crippen LogP contribution in [0.3, 0.4) is 0 Å². The molecular formula is C28H24O8. The van der Waals surface area contributed by atoms with Crippen LogP contribution in [0.5, 0.6) is 23.0 Å². The van der Waals surface area contributed by atoms with Crippen molar-refractivity contribution in [2.75, 3.05) is 0 Å². The molecule has 0 aliphatic heterocycles. The second kappa shape index (κ2) is 12.5. The molecule has 0 heterocycles. The summed E-state index contributed by atoms with van der Waals surface area (Å²) < 4.78 is 20.9. The molecular weight excluding hydrogens is 464 g/mol. The Bertz CT molecular complexity index is 1260. The quantitative estimate of drug-likeness (QED) is 0.199. The van der Waals surface area contributed by atoms with Gasteiger partial charge in [0.25, 0.3) is 0 Å². The van der Waals surface area contributed by atoms with Crippen molar-refractivity contribution in [2.24, 2.45) is 0 Å². The number of allylic oxidation sites excluding steroid dienone is 2. The largest absolute Gasteiger partial charge is 0.423 e. The van der Waals surface area contributed by atoms with E-state index in [2.05, 4.69) is 26.3 Å². The number of benzene rings is 2. The fraction of sp³-hybridized carbons (Fsp3) is 0.0714. The molecule has 0 saturated heterocycles. The highest BCUT2D eigenvalue weighted by Gasteiger charge is 2.16. The Morgan fingerprint density at radius 2 is 1.03 bits per heavy atom. The van der Waals surface area contributed by atoms with Gasteiger partial charge in [0.1, 0.15) is 23.0 Å². The summed E-state index contributed by atoms with van der Waals surface area (Å²) in [5.41, 5.74) is 2.35. The van der Waals surface area contributed by atoms with Gasteiger partial charge in [0.05, 0.1) is 0 Å². The SMILES string of the molecule is C=CC(=O)Oc1cc(OC(=O)C=C)cc(C(C)=C(C)c2ccc(OC(=O)C=C)cc2OC(=O)C=C)c1. The van der Waals surface area contributed by atoms with E-state index in [1.807, 2.05) is 0 Å². The van der Waals surface area contributed by atoms with Crippen LogP contribution in [0.4, 0.5) is 0 Å². The van der Waals surface area contributed by atoms with E-state index in [0.717, 1.165) is 24.3 Å². The zero-order chi connectivity index (χ0) is 26.8. The molecule has 2 rings (SSSR count). The van der Waals surface area contributed by atoms with Crippen LogP contribution in [-0.2, 0) is 19.2 Å². The molecule has 0 radical (unpaired) electrons. The highest BCUT2D eigenvalue weighted by atomic mass is 16.6. The normalized spacial score (nSPS) is 10.7. The Hall–Kier alpha value is -4.98. The number of hydrogen-bond acceptors (Lipinski definition) is 8. The Morgan fingerprint density at radius 1 is 0.583 bits per heavy atom. The van der Waals surface area contributed by atoms with E-state index in [4.69, 9.17) is 18.9 Å². The highest BCUT2D eigenvalue weighted by Crippen LogP contribution is 2.37. The van der Waals surface area contributed by atoms with Crippen LogP contribution in [0.2, 0.25) is 0 Å². The zero-order valence-electron chi connectivity index (χ0n) is 19.9. The van der Waals surface area contributed by atoms with E-state index < -0.39 is 23.9 Å². The topological polar surface area (TPSA) is 105 Å². The second-order valence-electron chi connectivity index (χ2n) is 7.10. The molecule has 0 fully saturated rings. The fourth-order valence-electron chi connectivity index (χ4n) is 2.91. The van der Waals surface area contributed by atoms with Crippen LogP contribution in [0.25, 0.3) is 11.1 Å². The monoisotopic (exact) mass is 488 g/mol. The van der Waals surface area contributed by atoms with Crippen molar-refractivity contribution in [3.8, 4) is 23.0 Å². The van der Waals surface area contributed by atoms with Crippen LogP contribution >= 0.6 is 0 Å². The van der Waals surface area contributed by atoms with Gasteiger partial charge in [-0.25, -0.2) is 19.2 Å². The molecule has 0 unspecified atom stereocenters. The summed E-state index contributed by atoms with van der Waals surface area (Å²) in [6.45, 7) is 17.0. The van der Waals surface area contributed by atoms with Gasteiger partial charge >= 0.3 is 23.9 Å². The van der Waals surface area contributed by atoms with E-state index in [9.17, 15) is 19.2 Å². The lowest BCUT2D eigenvalue weighted by Gasteiger charge is -2.15. The summed E-state index contributed by atoms with van der Waals surface area (Å²) >= 11 is 0. The van der Waals surface area contributed by atoms with Crippen LogP contribution < -0.4 is 18.9 Å². The average Bonchev–Trinajstić information content (AvgIpc) is 2.87. The predicted octanol–water partition coefficient (Wildman–Crippen LogP) is 5.00. The van der Waals surface area contributed by atoms with E-state index in [1.54, 1.807) is 32.0 Å².